The zero-order valence-corrected chi connectivity index (χ0v) is 16.2. The van der Waals surface area contributed by atoms with Crippen molar-refractivity contribution in [2.75, 3.05) is 7.11 Å². The number of hydrogen-bond donors (Lipinski definition) is 1. The summed E-state index contributed by atoms with van der Waals surface area (Å²) in [5.41, 5.74) is -0.0618. The van der Waals surface area contributed by atoms with Gasteiger partial charge >= 0.3 is 6.18 Å². The molecule has 0 radical (unpaired) electrons. The van der Waals surface area contributed by atoms with Crippen LogP contribution < -0.4 is 10.1 Å². The van der Waals surface area contributed by atoms with Crippen molar-refractivity contribution in [2.24, 2.45) is 7.05 Å². The van der Waals surface area contributed by atoms with Crippen molar-refractivity contribution >= 4 is 5.91 Å². The van der Waals surface area contributed by atoms with Gasteiger partial charge < -0.3 is 14.5 Å². The van der Waals surface area contributed by atoms with Crippen LogP contribution in [0.25, 0.3) is 11.5 Å². The molecule has 1 N–H and O–H groups in total. The first-order chi connectivity index (χ1) is 14.3. The molecule has 1 atom stereocenters. The SMILES string of the molecule is COc1cc(-c2nc3c(o2)CCCC3NC(=O)c2cc(C(F)(F)F)nn2C)ccn1. The van der Waals surface area contributed by atoms with E-state index in [-0.39, 0.29) is 5.69 Å². The average Bonchev–Trinajstić information content (AvgIpc) is 3.32. The van der Waals surface area contributed by atoms with Crippen molar-refractivity contribution < 1.29 is 27.1 Å². The van der Waals surface area contributed by atoms with Crippen LogP contribution in [0.1, 0.15) is 46.5 Å². The van der Waals surface area contributed by atoms with Gasteiger partial charge in [-0.25, -0.2) is 9.97 Å². The highest BCUT2D eigenvalue weighted by molar-refractivity contribution is 5.93. The molecule has 0 saturated heterocycles. The van der Waals surface area contributed by atoms with Crippen LogP contribution in [0.4, 0.5) is 13.2 Å². The van der Waals surface area contributed by atoms with Crippen LogP contribution in [-0.2, 0) is 19.6 Å². The summed E-state index contributed by atoms with van der Waals surface area (Å²) in [6.07, 6.45) is -1.07. The monoisotopic (exact) mass is 421 g/mol. The number of fused-ring (bicyclic) bond motifs is 1. The van der Waals surface area contributed by atoms with Crippen LogP contribution in [0.15, 0.2) is 28.8 Å². The number of hydrogen-bond acceptors (Lipinski definition) is 6. The summed E-state index contributed by atoms with van der Waals surface area (Å²) in [5.74, 6) is 0.749. The lowest BCUT2D eigenvalue weighted by Crippen LogP contribution is -2.32. The van der Waals surface area contributed by atoms with E-state index in [0.717, 1.165) is 17.2 Å². The maximum absolute atomic E-state index is 12.9. The second kappa shape index (κ2) is 7.47. The van der Waals surface area contributed by atoms with E-state index in [0.29, 0.717) is 41.6 Å². The Hall–Kier alpha value is -3.37. The molecule has 0 aromatic carbocycles. The minimum absolute atomic E-state index is 0.183. The van der Waals surface area contributed by atoms with E-state index < -0.39 is 23.8 Å². The molecular weight excluding hydrogens is 403 g/mol. The summed E-state index contributed by atoms with van der Waals surface area (Å²) < 4.78 is 50.5. The molecule has 0 aliphatic heterocycles. The molecule has 30 heavy (non-hydrogen) atoms. The van der Waals surface area contributed by atoms with Crippen molar-refractivity contribution in [3.05, 3.63) is 47.2 Å². The van der Waals surface area contributed by atoms with Gasteiger partial charge in [-0.1, -0.05) is 0 Å². The second-order valence-electron chi connectivity index (χ2n) is 6.87. The van der Waals surface area contributed by atoms with Crippen LogP contribution >= 0.6 is 0 Å². The number of amides is 1. The fourth-order valence-electron chi connectivity index (χ4n) is 3.39. The Morgan fingerprint density at radius 1 is 1.37 bits per heavy atom. The first kappa shape index (κ1) is 19.9. The number of aromatic nitrogens is 4. The standard InChI is InChI=1S/C19H18F3N5O3/c1-27-12(9-14(26-27)19(20,21)22)17(28)24-11-4-3-5-13-16(11)25-18(30-13)10-6-7-23-15(8-10)29-2/h6-9,11H,3-5H2,1-2H3,(H,24,28). The highest BCUT2D eigenvalue weighted by Gasteiger charge is 2.36. The smallest absolute Gasteiger partial charge is 0.435 e. The molecule has 0 spiro atoms. The van der Waals surface area contributed by atoms with Gasteiger partial charge in [0.05, 0.1) is 13.2 Å². The summed E-state index contributed by atoms with van der Waals surface area (Å²) in [6, 6.07) is 3.66. The molecule has 0 bridgehead atoms. The fourth-order valence-corrected chi connectivity index (χ4v) is 3.39. The number of alkyl halides is 3. The first-order valence-corrected chi connectivity index (χ1v) is 9.18. The zero-order valence-electron chi connectivity index (χ0n) is 16.2. The Morgan fingerprint density at radius 3 is 2.87 bits per heavy atom. The van der Waals surface area contributed by atoms with Gasteiger partial charge in [-0.15, -0.1) is 0 Å². The highest BCUT2D eigenvalue weighted by Crippen LogP contribution is 2.34. The number of pyridine rings is 1. The molecule has 1 unspecified atom stereocenters. The summed E-state index contributed by atoms with van der Waals surface area (Å²) >= 11 is 0. The number of nitrogens with zero attached hydrogens (tertiary/aromatic N) is 4. The number of nitrogens with one attached hydrogen (secondary N) is 1. The molecule has 1 aliphatic carbocycles. The van der Waals surface area contributed by atoms with Gasteiger partial charge in [-0.05, 0) is 18.9 Å². The number of carbonyl (C=O) groups excluding carboxylic acids is 1. The average molecular weight is 421 g/mol. The van der Waals surface area contributed by atoms with E-state index in [1.165, 1.54) is 14.2 Å². The van der Waals surface area contributed by atoms with Crippen LogP contribution in [0.5, 0.6) is 5.88 Å². The van der Waals surface area contributed by atoms with E-state index in [9.17, 15) is 18.0 Å². The van der Waals surface area contributed by atoms with Gasteiger partial charge in [0, 0.05) is 37.4 Å². The molecule has 158 valence electrons. The van der Waals surface area contributed by atoms with Gasteiger partial charge in [-0.2, -0.15) is 18.3 Å². The first-order valence-electron chi connectivity index (χ1n) is 9.18. The van der Waals surface area contributed by atoms with Crippen LogP contribution in [-0.4, -0.2) is 32.8 Å². The molecule has 8 nitrogen and oxygen atoms in total. The van der Waals surface area contributed by atoms with Crippen molar-refractivity contribution in [1.82, 2.24) is 25.1 Å². The van der Waals surface area contributed by atoms with Crippen molar-refractivity contribution in [3.63, 3.8) is 0 Å². The fraction of sp³-hybridized carbons (Fsp3) is 0.368. The Kier molecular flexibility index (Phi) is 4.96. The van der Waals surface area contributed by atoms with Gasteiger partial charge in [-0.3, -0.25) is 9.48 Å². The summed E-state index contributed by atoms with van der Waals surface area (Å²) in [5, 5.41) is 6.14. The number of carbonyl (C=O) groups is 1. The van der Waals surface area contributed by atoms with Crippen LogP contribution in [0.3, 0.4) is 0 Å². The Bertz CT molecular complexity index is 1090. The number of halogens is 3. The number of oxazole rings is 1. The lowest BCUT2D eigenvalue weighted by molar-refractivity contribution is -0.141. The third-order valence-corrected chi connectivity index (χ3v) is 4.85. The molecule has 3 heterocycles. The molecule has 1 aliphatic rings. The number of ether oxygens (including phenoxy) is 1. The van der Waals surface area contributed by atoms with Crippen molar-refractivity contribution in [2.45, 2.75) is 31.5 Å². The molecule has 0 fully saturated rings. The minimum Gasteiger partial charge on any atom is -0.481 e. The van der Waals surface area contributed by atoms with Gasteiger partial charge in [0.2, 0.25) is 11.8 Å². The normalized spacial score (nSPS) is 16.2. The Labute approximate surface area is 169 Å². The number of rotatable bonds is 4. The molecule has 3 aromatic heterocycles. The molecule has 0 saturated carbocycles. The maximum Gasteiger partial charge on any atom is 0.435 e. The topological polar surface area (TPSA) is 95.1 Å². The van der Waals surface area contributed by atoms with Gasteiger partial charge in [0.1, 0.15) is 17.1 Å². The lowest BCUT2D eigenvalue weighted by atomic mass is 9.96. The van der Waals surface area contributed by atoms with Crippen molar-refractivity contribution in [1.29, 1.82) is 0 Å². The minimum atomic E-state index is -4.62. The van der Waals surface area contributed by atoms with E-state index in [4.69, 9.17) is 9.15 Å². The molecule has 1 amide bonds. The number of aryl methyl sites for hydroxylation is 2. The van der Waals surface area contributed by atoms with Crippen molar-refractivity contribution in [3.8, 4) is 17.3 Å². The van der Waals surface area contributed by atoms with E-state index >= 15 is 0 Å². The quantitative estimate of drug-likeness (QED) is 0.695. The van der Waals surface area contributed by atoms with E-state index in [2.05, 4.69) is 20.4 Å². The third kappa shape index (κ3) is 3.74. The van der Waals surface area contributed by atoms with Crippen LogP contribution in [0.2, 0.25) is 0 Å². The van der Waals surface area contributed by atoms with E-state index in [1.807, 2.05) is 0 Å². The second-order valence-corrected chi connectivity index (χ2v) is 6.87. The maximum atomic E-state index is 12.9. The molecule has 3 aromatic rings. The van der Waals surface area contributed by atoms with Gasteiger partial charge in [0.15, 0.2) is 5.69 Å². The third-order valence-electron chi connectivity index (χ3n) is 4.85. The molecule has 4 rings (SSSR count). The van der Waals surface area contributed by atoms with Gasteiger partial charge in [0.25, 0.3) is 5.91 Å². The van der Waals surface area contributed by atoms with Crippen LogP contribution in [0, 0.1) is 0 Å². The predicted octanol–water partition coefficient (Wildman–Crippen LogP) is 3.30. The lowest BCUT2D eigenvalue weighted by Gasteiger charge is -2.21. The largest absolute Gasteiger partial charge is 0.481 e. The molecular formula is C19H18F3N5O3. The predicted molar refractivity (Wildman–Crippen MR) is 97.6 cm³/mol. The summed E-state index contributed by atoms with van der Waals surface area (Å²) in [7, 11) is 2.79. The Morgan fingerprint density at radius 2 is 2.17 bits per heavy atom. The molecule has 11 heteroatoms. The van der Waals surface area contributed by atoms with E-state index in [1.54, 1.807) is 18.3 Å². The highest BCUT2D eigenvalue weighted by atomic mass is 19.4. The zero-order chi connectivity index (χ0) is 21.5. The number of methoxy groups -OCH3 is 1. The summed E-state index contributed by atoms with van der Waals surface area (Å²) in [6.45, 7) is 0. The summed E-state index contributed by atoms with van der Waals surface area (Å²) in [4.78, 5) is 21.2. The Balaban J connectivity index is 1.59.